The average Bonchev–Trinajstić information content (AvgIpc) is 3.07. The SMILES string of the molecule is Cc1cc(-c2cnc(N3CC(C)OC(C)C3)nc2-c2ccc(C)s2)ccn1. The molecule has 0 amide bonds. The van der Waals surface area contributed by atoms with Gasteiger partial charge in [-0.2, -0.15) is 0 Å². The van der Waals surface area contributed by atoms with Gasteiger partial charge in [-0.05, 0) is 57.5 Å². The lowest BCUT2D eigenvalue weighted by Crippen LogP contribution is -2.46. The van der Waals surface area contributed by atoms with E-state index in [2.05, 4.69) is 48.9 Å². The molecule has 4 rings (SSSR count). The van der Waals surface area contributed by atoms with Crippen LogP contribution in [0.5, 0.6) is 0 Å². The highest BCUT2D eigenvalue weighted by Gasteiger charge is 2.25. The summed E-state index contributed by atoms with van der Waals surface area (Å²) in [6.07, 6.45) is 4.14. The number of hydrogen-bond acceptors (Lipinski definition) is 6. The first-order valence-corrected chi connectivity index (χ1v) is 10.1. The third-order valence-corrected chi connectivity index (χ3v) is 5.67. The van der Waals surface area contributed by atoms with Gasteiger partial charge in [0.2, 0.25) is 5.95 Å². The summed E-state index contributed by atoms with van der Waals surface area (Å²) >= 11 is 1.76. The largest absolute Gasteiger partial charge is 0.372 e. The van der Waals surface area contributed by atoms with Crippen LogP contribution in [0.25, 0.3) is 21.7 Å². The second-order valence-corrected chi connectivity index (χ2v) is 8.48. The molecule has 1 fully saturated rings. The molecule has 6 heteroatoms. The highest BCUT2D eigenvalue weighted by atomic mass is 32.1. The van der Waals surface area contributed by atoms with Gasteiger partial charge < -0.3 is 9.64 Å². The molecule has 0 bridgehead atoms. The maximum atomic E-state index is 5.86. The number of anilines is 1. The van der Waals surface area contributed by atoms with Crippen LogP contribution in [0.2, 0.25) is 0 Å². The fourth-order valence-corrected chi connectivity index (χ4v) is 4.41. The van der Waals surface area contributed by atoms with E-state index in [1.54, 1.807) is 11.3 Å². The number of ether oxygens (including phenoxy) is 1. The van der Waals surface area contributed by atoms with Crippen molar-refractivity contribution in [1.82, 2.24) is 15.0 Å². The molecule has 2 unspecified atom stereocenters. The molecular formula is C21H24N4OS. The summed E-state index contributed by atoms with van der Waals surface area (Å²) in [6, 6.07) is 8.39. The third-order valence-electron chi connectivity index (χ3n) is 4.66. The molecule has 0 aromatic carbocycles. The normalized spacial score (nSPS) is 20.1. The van der Waals surface area contributed by atoms with Gasteiger partial charge in [-0.1, -0.05) is 0 Å². The molecule has 5 nitrogen and oxygen atoms in total. The smallest absolute Gasteiger partial charge is 0.226 e. The van der Waals surface area contributed by atoms with Crippen LogP contribution in [0.1, 0.15) is 24.4 Å². The van der Waals surface area contributed by atoms with Gasteiger partial charge in [0.05, 0.1) is 22.8 Å². The zero-order valence-electron chi connectivity index (χ0n) is 16.1. The minimum Gasteiger partial charge on any atom is -0.372 e. The zero-order valence-corrected chi connectivity index (χ0v) is 17.0. The first kappa shape index (κ1) is 18.1. The van der Waals surface area contributed by atoms with Crippen molar-refractivity contribution in [2.24, 2.45) is 0 Å². The quantitative estimate of drug-likeness (QED) is 0.670. The molecule has 27 heavy (non-hydrogen) atoms. The monoisotopic (exact) mass is 380 g/mol. The van der Waals surface area contributed by atoms with Crippen molar-refractivity contribution >= 4 is 17.3 Å². The molecule has 2 atom stereocenters. The molecule has 0 N–H and O–H groups in total. The van der Waals surface area contributed by atoms with Gasteiger partial charge in [0.15, 0.2) is 0 Å². The Kier molecular flexibility index (Phi) is 4.93. The van der Waals surface area contributed by atoms with Crippen molar-refractivity contribution in [2.75, 3.05) is 18.0 Å². The Morgan fingerprint density at radius 3 is 2.52 bits per heavy atom. The van der Waals surface area contributed by atoms with Crippen LogP contribution in [-0.4, -0.2) is 40.2 Å². The van der Waals surface area contributed by atoms with Crippen molar-refractivity contribution in [3.05, 3.63) is 47.2 Å². The predicted octanol–water partition coefficient (Wildman–Crippen LogP) is 4.50. The summed E-state index contributed by atoms with van der Waals surface area (Å²) < 4.78 is 5.86. The minimum atomic E-state index is 0.173. The van der Waals surface area contributed by atoms with Gasteiger partial charge in [-0.3, -0.25) is 4.98 Å². The van der Waals surface area contributed by atoms with E-state index >= 15 is 0 Å². The topological polar surface area (TPSA) is 51.1 Å². The van der Waals surface area contributed by atoms with Crippen molar-refractivity contribution in [3.63, 3.8) is 0 Å². The maximum absolute atomic E-state index is 5.86. The minimum absolute atomic E-state index is 0.173. The van der Waals surface area contributed by atoms with E-state index in [0.29, 0.717) is 0 Å². The van der Waals surface area contributed by atoms with E-state index in [1.807, 2.05) is 25.4 Å². The van der Waals surface area contributed by atoms with Crippen LogP contribution in [0.15, 0.2) is 36.7 Å². The van der Waals surface area contributed by atoms with Gasteiger partial charge in [-0.25, -0.2) is 9.97 Å². The molecule has 0 saturated carbocycles. The Balaban J connectivity index is 1.81. The number of hydrogen-bond donors (Lipinski definition) is 0. The highest BCUT2D eigenvalue weighted by molar-refractivity contribution is 7.15. The van der Waals surface area contributed by atoms with E-state index in [0.717, 1.165) is 46.4 Å². The number of morpholine rings is 1. The number of pyridine rings is 1. The third kappa shape index (κ3) is 3.87. The van der Waals surface area contributed by atoms with Crippen molar-refractivity contribution in [3.8, 4) is 21.7 Å². The molecule has 140 valence electrons. The Hall–Kier alpha value is -2.31. The van der Waals surface area contributed by atoms with Crippen LogP contribution in [0.3, 0.4) is 0 Å². The van der Waals surface area contributed by atoms with Gasteiger partial charge in [-0.15, -0.1) is 11.3 Å². The summed E-state index contributed by atoms with van der Waals surface area (Å²) in [5, 5.41) is 0. The molecule has 3 aromatic heterocycles. The van der Waals surface area contributed by atoms with E-state index < -0.39 is 0 Å². The number of rotatable bonds is 3. The molecule has 0 aliphatic carbocycles. The molecule has 4 heterocycles. The maximum Gasteiger partial charge on any atom is 0.226 e. The lowest BCUT2D eigenvalue weighted by atomic mass is 10.1. The lowest BCUT2D eigenvalue weighted by molar-refractivity contribution is -0.00571. The van der Waals surface area contributed by atoms with E-state index in [-0.39, 0.29) is 12.2 Å². The Morgan fingerprint density at radius 2 is 1.85 bits per heavy atom. The van der Waals surface area contributed by atoms with E-state index in [4.69, 9.17) is 14.7 Å². The van der Waals surface area contributed by atoms with Crippen LogP contribution in [0.4, 0.5) is 5.95 Å². The molecule has 1 aliphatic heterocycles. The average molecular weight is 381 g/mol. The summed E-state index contributed by atoms with van der Waals surface area (Å²) in [5.41, 5.74) is 4.11. The molecule has 0 radical (unpaired) electrons. The second kappa shape index (κ2) is 7.37. The standard InChI is InChI=1S/C21H24N4OS/c1-13-9-17(7-8-22-13)18-10-23-21(25-11-14(2)26-15(3)12-25)24-20(18)19-6-5-16(4)27-19/h5-10,14-15H,11-12H2,1-4H3. The molecule has 1 saturated heterocycles. The van der Waals surface area contributed by atoms with Crippen LogP contribution >= 0.6 is 11.3 Å². The summed E-state index contributed by atoms with van der Waals surface area (Å²) in [5.74, 6) is 0.771. The van der Waals surface area contributed by atoms with Gasteiger partial charge >= 0.3 is 0 Å². The summed E-state index contributed by atoms with van der Waals surface area (Å²) in [4.78, 5) is 18.7. The first-order chi connectivity index (χ1) is 13.0. The number of thiophene rings is 1. The van der Waals surface area contributed by atoms with Crippen molar-refractivity contribution in [2.45, 2.75) is 39.9 Å². The Morgan fingerprint density at radius 1 is 1.07 bits per heavy atom. The number of aryl methyl sites for hydroxylation is 2. The van der Waals surface area contributed by atoms with E-state index in [9.17, 15) is 0 Å². The Bertz CT molecular complexity index is 945. The fraction of sp³-hybridized carbons (Fsp3) is 0.381. The fourth-order valence-electron chi connectivity index (χ4n) is 3.54. The number of aromatic nitrogens is 3. The zero-order chi connectivity index (χ0) is 19.0. The van der Waals surface area contributed by atoms with Crippen LogP contribution in [0, 0.1) is 13.8 Å². The van der Waals surface area contributed by atoms with Crippen LogP contribution < -0.4 is 4.90 Å². The van der Waals surface area contributed by atoms with Gasteiger partial charge in [0.25, 0.3) is 0 Å². The second-order valence-electron chi connectivity index (χ2n) is 7.19. The van der Waals surface area contributed by atoms with Gasteiger partial charge in [0.1, 0.15) is 0 Å². The van der Waals surface area contributed by atoms with Crippen LogP contribution in [-0.2, 0) is 4.74 Å². The molecule has 0 spiro atoms. The lowest BCUT2D eigenvalue weighted by Gasteiger charge is -2.35. The first-order valence-electron chi connectivity index (χ1n) is 9.27. The molecule has 3 aromatic rings. The highest BCUT2D eigenvalue weighted by Crippen LogP contribution is 2.35. The predicted molar refractivity (Wildman–Crippen MR) is 110 cm³/mol. The Labute approximate surface area is 164 Å². The summed E-state index contributed by atoms with van der Waals surface area (Å²) in [6.45, 7) is 9.94. The molecule has 1 aliphatic rings. The summed E-state index contributed by atoms with van der Waals surface area (Å²) in [7, 11) is 0. The van der Waals surface area contributed by atoms with Crippen molar-refractivity contribution in [1.29, 1.82) is 0 Å². The van der Waals surface area contributed by atoms with E-state index in [1.165, 1.54) is 4.88 Å². The number of nitrogens with zero attached hydrogens (tertiary/aromatic N) is 4. The van der Waals surface area contributed by atoms with Gasteiger partial charge in [0, 0.05) is 41.6 Å². The van der Waals surface area contributed by atoms with Crippen molar-refractivity contribution < 1.29 is 4.74 Å². The molecular weight excluding hydrogens is 356 g/mol.